The standard InChI is InChI=1S/C38H20N2O2/c39-21-23-12-14-29(28(16-23)22-40)26-17-25(24-13-15-36-33(20-24)31-6-1-3-9-34(31)41-36)18-27(19-26)30-8-5-11-37-38(30)32-7-2-4-10-35(32)42-37/h1-20H. The summed E-state index contributed by atoms with van der Waals surface area (Å²) < 4.78 is 12.3. The van der Waals surface area contributed by atoms with Crippen molar-refractivity contribution >= 4 is 43.9 Å². The van der Waals surface area contributed by atoms with Gasteiger partial charge in [0.25, 0.3) is 0 Å². The first-order valence-corrected chi connectivity index (χ1v) is 13.6. The Balaban J connectivity index is 1.42. The number of fused-ring (bicyclic) bond motifs is 6. The molecule has 8 rings (SSSR count). The summed E-state index contributed by atoms with van der Waals surface area (Å²) in [5.74, 6) is 0. The van der Waals surface area contributed by atoms with Crippen LogP contribution >= 0.6 is 0 Å². The van der Waals surface area contributed by atoms with Crippen molar-refractivity contribution in [1.29, 1.82) is 10.5 Å². The van der Waals surface area contributed by atoms with E-state index in [1.807, 2.05) is 60.7 Å². The van der Waals surface area contributed by atoms with Gasteiger partial charge in [-0.2, -0.15) is 10.5 Å². The highest BCUT2D eigenvalue weighted by Gasteiger charge is 2.16. The van der Waals surface area contributed by atoms with Crippen LogP contribution in [-0.4, -0.2) is 0 Å². The molecule has 6 aromatic carbocycles. The summed E-state index contributed by atoms with van der Waals surface area (Å²) in [6.07, 6.45) is 0. The van der Waals surface area contributed by atoms with Gasteiger partial charge >= 0.3 is 0 Å². The highest BCUT2D eigenvalue weighted by Crippen LogP contribution is 2.41. The normalized spacial score (nSPS) is 11.3. The fourth-order valence-corrected chi connectivity index (χ4v) is 5.98. The molecule has 4 heteroatoms. The van der Waals surface area contributed by atoms with Gasteiger partial charge in [0, 0.05) is 21.5 Å². The molecule has 0 spiro atoms. The topological polar surface area (TPSA) is 73.9 Å². The summed E-state index contributed by atoms with van der Waals surface area (Å²) in [7, 11) is 0. The SMILES string of the molecule is N#Cc1ccc(-c2cc(-c3ccc4oc5ccccc5c4c3)cc(-c3cccc4oc5ccccc5c34)c2)c(C#N)c1. The van der Waals surface area contributed by atoms with E-state index in [4.69, 9.17) is 8.83 Å². The predicted molar refractivity (Wildman–Crippen MR) is 167 cm³/mol. The number of nitriles is 2. The van der Waals surface area contributed by atoms with Crippen molar-refractivity contribution in [2.45, 2.75) is 0 Å². The summed E-state index contributed by atoms with van der Waals surface area (Å²) in [5, 5.41) is 23.7. The molecule has 0 aliphatic heterocycles. The molecule has 0 aliphatic carbocycles. The van der Waals surface area contributed by atoms with Gasteiger partial charge in [-0.05, 0) is 94.0 Å². The Hall–Kier alpha value is -6.10. The van der Waals surface area contributed by atoms with E-state index in [0.717, 1.165) is 77.3 Å². The molecule has 0 aliphatic rings. The van der Waals surface area contributed by atoms with Gasteiger partial charge in [0.2, 0.25) is 0 Å². The van der Waals surface area contributed by atoms with Crippen LogP contribution in [0.4, 0.5) is 0 Å². The highest BCUT2D eigenvalue weighted by atomic mass is 16.3. The van der Waals surface area contributed by atoms with E-state index in [2.05, 4.69) is 60.7 Å². The Morgan fingerprint density at radius 3 is 1.90 bits per heavy atom. The third-order valence-corrected chi connectivity index (χ3v) is 7.94. The van der Waals surface area contributed by atoms with Crippen molar-refractivity contribution in [3.63, 3.8) is 0 Å². The molecule has 0 bridgehead atoms. The average Bonchev–Trinajstić information content (AvgIpc) is 3.62. The number of nitrogens with zero attached hydrogens (tertiary/aromatic N) is 2. The first kappa shape index (κ1) is 23.8. The molecule has 4 nitrogen and oxygen atoms in total. The molecule has 0 radical (unpaired) electrons. The molecular weight excluding hydrogens is 516 g/mol. The van der Waals surface area contributed by atoms with Crippen molar-refractivity contribution < 1.29 is 8.83 Å². The number of hydrogen-bond acceptors (Lipinski definition) is 4. The molecule has 0 unspecified atom stereocenters. The maximum atomic E-state index is 10.0. The van der Waals surface area contributed by atoms with Crippen LogP contribution in [-0.2, 0) is 0 Å². The van der Waals surface area contributed by atoms with Crippen LogP contribution in [0.25, 0.3) is 77.3 Å². The highest BCUT2D eigenvalue weighted by molar-refractivity contribution is 6.13. The summed E-state index contributed by atoms with van der Waals surface area (Å²) in [6.45, 7) is 0. The van der Waals surface area contributed by atoms with Gasteiger partial charge in [0.05, 0.1) is 23.3 Å². The van der Waals surface area contributed by atoms with Crippen LogP contribution in [0.1, 0.15) is 11.1 Å². The maximum absolute atomic E-state index is 10.0. The number of rotatable bonds is 3. The lowest BCUT2D eigenvalue weighted by atomic mass is 9.89. The molecule has 2 heterocycles. The average molecular weight is 537 g/mol. The summed E-state index contributed by atoms with van der Waals surface area (Å²) >= 11 is 0. The Morgan fingerprint density at radius 2 is 1.10 bits per heavy atom. The molecule has 0 fully saturated rings. The smallest absolute Gasteiger partial charge is 0.136 e. The Kier molecular flexibility index (Phi) is 5.22. The van der Waals surface area contributed by atoms with E-state index in [-0.39, 0.29) is 0 Å². The maximum Gasteiger partial charge on any atom is 0.136 e. The molecule has 0 saturated carbocycles. The first-order valence-electron chi connectivity index (χ1n) is 13.6. The number of benzene rings is 6. The molecule has 8 aromatic rings. The Morgan fingerprint density at radius 1 is 0.429 bits per heavy atom. The lowest BCUT2D eigenvalue weighted by molar-refractivity contribution is 0.668. The van der Waals surface area contributed by atoms with E-state index in [1.165, 1.54) is 0 Å². The van der Waals surface area contributed by atoms with Crippen molar-refractivity contribution in [3.05, 3.63) is 132 Å². The zero-order valence-electron chi connectivity index (χ0n) is 22.3. The van der Waals surface area contributed by atoms with Crippen molar-refractivity contribution in [3.8, 4) is 45.5 Å². The third kappa shape index (κ3) is 3.68. The van der Waals surface area contributed by atoms with E-state index in [0.29, 0.717) is 11.1 Å². The minimum atomic E-state index is 0.457. The predicted octanol–water partition coefficient (Wildman–Crippen LogP) is 10.2. The first-order chi connectivity index (χ1) is 20.7. The molecule has 194 valence electrons. The van der Waals surface area contributed by atoms with Crippen LogP contribution in [0.3, 0.4) is 0 Å². The molecule has 0 atom stereocenters. The number of hydrogen-bond donors (Lipinski definition) is 0. The second-order valence-electron chi connectivity index (χ2n) is 10.4. The molecule has 0 saturated heterocycles. The Bertz CT molecular complexity index is 2450. The minimum Gasteiger partial charge on any atom is -0.456 e. The molecule has 0 amide bonds. The quantitative estimate of drug-likeness (QED) is 0.225. The van der Waals surface area contributed by atoms with Crippen LogP contribution in [0, 0.1) is 22.7 Å². The van der Waals surface area contributed by atoms with Gasteiger partial charge in [-0.15, -0.1) is 0 Å². The van der Waals surface area contributed by atoms with Crippen molar-refractivity contribution in [2.75, 3.05) is 0 Å². The van der Waals surface area contributed by atoms with Crippen LogP contribution in [0.5, 0.6) is 0 Å². The fourth-order valence-electron chi connectivity index (χ4n) is 5.98. The third-order valence-electron chi connectivity index (χ3n) is 7.94. The Labute approximate surface area is 240 Å². The van der Waals surface area contributed by atoms with Gasteiger partial charge in [0.15, 0.2) is 0 Å². The number of para-hydroxylation sites is 2. The molecular formula is C38H20N2O2. The van der Waals surface area contributed by atoms with E-state index in [1.54, 1.807) is 12.1 Å². The van der Waals surface area contributed by atoms with Gasteiger partial charge in [-0.3, -0.25) is 0 Å². The summed E-state index contributed by atoms with van der Waals surface area (Å²) in [4.78, 5) is 0. The van der Waals surface area contributed by atoms with E-state index >= 15 is 0 Å². The van der Waals surface area contributed by atoms with Crippen molar-refractivity contribution in [1.82, 2.24) is 0 Å². The van der Waals surface area contributed by atoms with E-state index in [9.17, 15) is 10.5 Å². The lowest BCUT2D eigenvalue weighted by Crippen LogP contribution is -1.90. The number of furan rings is 2. The van der Waals surface area contributed by atoms with Crippen molar-refractivity contribution in [2.24, 2.45) is 0 Å². The summed E-state index contributed by atoms with van der Waals surface area (Å²) in [6, 6.07) is 44.7. The minimum absolute atomic E-state index is 0.457. The van der Waals surface area contributed by atoms with E-state index < -0.39 is 0 Å². The van der Waals surface area contributed by atoms with Gasteiger partial charge in [-0.25, -0.2) is 0 Å². The van der Waals surface area contributed by atoms with Gasteiger partial charge in [-0.1, -0.05) is 60.7 Å². The second-order valence-corrected chi connectivity index (χ2v) is 10.4. The van der Waals surface area contributed by atoms with Crippen LogP contribution in [0.15, 0.2) is 130 Å². The molecule has 42 heavy (non-hydrogen) atoms. The summed E-state index contributed by atoms with van der Waals surface area (Å²) in [5.41, 5.74) is 10.0. The van der Waals surface area contributed by atoms with Crippen LogP contribution < -0.4 is 0 Å². The zero-order chi connectivity index (χ0) is 28.2. The van der Waals surface area contributed by atoms with Crippen LogP contribution in [0.2, 0.25) is 0 Å². The monoisotopic (exact) mass is 536 g/mol. The largest absolute Gasteiger partial charge is 0.456 e. The van der Waals surface area contributed by atoms with Gasteiger partial charge < -0.3 is 8.83 Å². The fraction of sp³-hybridized carbons (Fsp3) is 0. The lowest BCUT2D eigenvalue weighted by Gasteiger charge is -2.13. The zero-order valence-corrected chi connectivity index (χ0v) is 22.3. The molecule has 0 N–H and O–H groups in total. The van der Waals surface area contributed by atoms with Gasteiger partial charge in [0.1, 0.15) is 22.3 Å². The molecule has 2 aromatic heterocycles. The second kappa shape index (κ2) is 9.24.